The van der Waals surface area contributed by atoms with E-state index in [0.717, 1.165) is 0 Å². The van der Waals surface area contributed by atoms with Crippen LogP contribution in [0.3, 0.4) is 0 Å². The minimum Gasteiger partial charge on any atom is -0.493 e. The second-order valence-corrected chi connectivity index (χ2v) is 3.80. The van der Waals surface area contributed by atoms with Crippen molar-refractivity contribution in [2.45, 2.75) is 27.2 Å². The topological polar surface area (TPSA) is 52.6 Å². The molecule has 0 fully saturated rings. The first kappa shape index (κ1) is 14.2. The Bertz CT molecular complexity index is 413. The summed E-state index contributed by atoms with van der Waals surface area (Å²) in [4.78, 5) is 23.1. The van der Waals surface area contributed by atoms with Crippen molar-refractivity contribution in [1.29, 1.82) is 0 Å². The maximum absolute atomic E-state index is 12.1. The van der Waals surface area contributed by atoms with E-state index < -0.39 is 0 Å². The van der Waals surface area contributed by atoms with Gasteiger partial charge in [0, 0.05) is 0 Å². The van der Waals surface area contributed by atoms with Crippen LogP contribution in [0.2, 0.25) is 0 Å². The van der Waals surface area contributed by atoms with Crippen molar-refractivity contribution in [3.05, 3.63) is 23.8 Å². The van der Waals surface area contributed by atoms with Gasteiger partial charge in [-0.25, -0.2) is 0 Å². The minimum atomic E-state index is -0.269. The molecule has 1 rings (SSSR count). The molecule has 0 aliphatic rings. The van der Waals surface area contributed by atoms with Gasteiger partial charge in [-0.2, -0.15) is 0 Å². The second-order valence-electron chi connectivity index (χ2n) is 3.80. The first-order valence-electron chi connectivity index (χ1n) is 6.01. The number of hydrogen-bond donors (Lipinski definition) is 0. The number of rotatable bonds is 7. The Hall–Kier alpha value is -1.84. The molecule has 0 N–H and O–H groups in total. The highest BCUT2D eigenvalue weighted by Crippen LogP contribution is 2.30. The van der Waals surface area contributed by atoms with Crippen molar-refractivity contribution in [2.75, 3.05) is 13.2 Å². The zero-order valence-corrected chi connectivity index (χ0v) is 11.0. The van der Waals surface area contributed by atoms with Crippen LogP contribution in [-0.2, 0) is 4.79 Å². The smallest absolute Gasteiger partial charge is 0.177 e. The van der Waals surface area contributed by atoms with E-state index in [-0.39, 0.29) is 18.0 Å². The lowest BCUT2D eigenvalue weighted by Gasteiger charge is -2.13. The molecule has 0 aromatic heterocycles. The van der Waals surface area contributed by atoms with Crippen molar-refractivity contribution >= 4 is 11.6 Å². The average Bonchev–Trinajstić information content (AvgIpc) is 2.29. The SMILES string of the molecule is CCOc1cccc(OCC)c1C(=O)CC(C)=O. The van der Waals surface area contributed by atoms with Crippen LogP contribution < -0.4 is 9.47 Å². The number of carbonyl (C=O) groups excluding carboxylic acids is 2. The highest BCUT2D eigenvalue weighted by atomic mass is 16.5. The number of ketones is 2. The molecule has 0 radical (unpaired) electrons. The summed E-state index contributed by atoms with van der Waals surface area (Å²) < 4.78 is 10.8. The lowest BCUT2D eigenvalue weighted by atomic mass is 10.0. The minimum absolute atomic E-state index is 0.135. The number of benzene rings is 1. The lowest BCUT2D eigenvalue weighted by molar-refractivity contribution is -0.116. The van der Waals surface area contributed by atoms with Crippen molar-refractivity contribution in [2.24, 2.45) is 0 Å². The number of ether oxygens (including phenoxy) is 2. The van der Waals surface area contributed by atoms with Gasteiger partial charge in [0.15, 0.2) is 5.78 Å². The summed E-state index contributed by atoms with van der Waals surface area (Å²) in [5.74, 6) is 0.494. The summed E-state index contributed by atoms with van der Waals surface area (Å²) in [6.07, 6.45) is -0.135. The van der Waals surface area contributed by atoms with Gasteiger partial charge in [0.25, 0.3) is 0 Å². The Morgan fingerprint density at radius 2 is 1.56 bits per heavy atom. The Labute approximate surface area is 107 Å². The van der Waals surface area contributed by atoms with E-state index in [1.54, 1.807) is 18.2 Å². The molecule has 0 amide bonds. The van der Waals surface area contributed by atoms with Crippen molar-refractivity contribution < 1.29 is 19.1 Å². The van der Waals surface area contributed by atoms with Gasteiger partial charge in [-0.15, -0.1) is 0 Å². The predicted octanol–water partition coefficient (Wildman–Crippen LogP) is 2.65. The summed E-state index contributed by atoms with van der Waals surface area (Å²) in [5.41, 5.74) is 0.358. The maximum atomic E-state index is 12.1. The molecule has 0 aliphatic carbocycles. The van der Waals surface area contributed by atoms with Gasteiger partial charge in [-0.05, 0) is 32.9 Å². The summed E-state index contributed by atoms with van der Waals surface area (Å²) in [7, 11) is 0. The summed E-state index contributed by atoms with van der Waals surface area (Å²) in [5, 5.41) is 0. The van der Waals surface area contributed by atoms with Crippen LogP contribution in [0.1, 0.15) is 37.6 Å². The van der Waals surface area contributed by atoms with Gasteiger partial charge in [-0.1, -0.05) is 6.07 Å². The predicted molar refractivity (Wildman–Crippen MR) is 68.4 cm³/mol. The van der Waals surface area contributed by atoms with E-state index in [2.05, 4.69) is 0 Å². The highest BCUT2D eigenvalue weighted by Gasteiger charge is 2.19. The van der Waals surface area contributed by atoms with Crippen LogP contribution in [0.5, 0.6) is 11.5 Å². The molecule has 0 atom stereocenters. The summed E-state index contributed by atoms with van der Waals surface area (Å²) >= 11 is 0. The average molecular weight is 250 g/mol. The van der Waals surface area contributed by atoms with Gasteiger partial charge in [0.1, 0.15) is 22.8 Å². The molecule has 0 saturated heterocycles. The van der Waals surface area contributed by atoms with Crippen LogP contribution in [0.15, 0.2) is 18.2 Å². The number of Topliss-reactive ketones (excluding diaryl/α,β-unsaturated/α-hetero) is 2. The first-order chi connectivity index (χ1) is 8.60. The fraction of sp³-hybridized carbons (Fsp3) is 0.429. The van der Waals surface area contributed by atoms with E-state index in [9.17, 15) is 9.59 Å². The molecule has 18 heavy (non-hydrogen) atoms. The Morgan fingerprint density at radius 1 is 1.06 bits per heavy atom. The third-order valence-electron chi connectivity index (χ3n) is 2.28. The van der Waals surface area contributed by atoms with Crippen molar-refractivity contribution in [3.8, 4) is 11.5 Å². The van der Waals surface area contributed by atoms with E-state index in [1.165, 1.54) is 6.92 Å². The van der Waals surface area contributed by atoms with Crippen LogP contribution in [0.25, 0.3) is 0 Å². The summed E-state index contributed by atoms with van der Waals surface area (Å²) in [6.45, 7) is 5.98. The van der Waals surface area contributed by atoms with Crippen molar-refractivity contribution in [3.63, 3.8) is 0 Å². The Kier molecular flexibility index (Phi) is 5.36. The Balaban J connectivity index is 3.16. The van der Waals surface area contributed by atoms with Crippen LogP contribution in [0, 0.1) is 0 Å². The second kappa shape index (κ2) is 6.79. The molecule has 1 aromatic carbocycles. The molecular formula is C14H18O4. The van der Waals surface area contributed by atoms with Gasteiger partial charge >= 0.3 is 0 Å². The van der Waals surface area contributed by atoms with Crippen LogP contribution in [-0.4, -0.2) is 24.8 Å². The quantitative estimate of drug-likeness (QED) is 0.551. The molecule has 4 heteroatoms. The molecule has 0 bridgehead atoms. The zero-order chi connectivity index (χ0) is 13.5. The molecule has 0 unspecified atom stereocenters. The van der Waals surface area contributed by atoms with Crippen LogP contribution >= 0.6 is 0 Å². The van der Waals surface area contributed by atoms with Gasteiger partial charge < -0.3 is 9.47 Å². The van der Waals surface area contributed by atoms with Gasteiger partial charge in [-0.3, -0.25) is 9.59 Å². The van der Waals surface area contributed by atoms with Crippen LogP contribution in [0.4, 0.5) is 0 Å². The number of carbonyl (C=O) groups is 2. The van der Waals surface area contributed by atoms with E-state index >= 15 is 0 Å². The molecule has 0 spiro atoms. The van der Waals surface area contributed by atoms with E-state index in [4.69, 9.17) is 9.47 Å². The fourth-order valence-corrected chi connectivity index (χ4v) is 1.65. The molecule has 98 valence electrons. The fourth-order valence-electron chi connectivity index (χ4n) is 1.65. The molecule has 0 saturated carbocycles. The maximum Gasteiger partial charge on any atom is 0.177 e. The summed E-state index contributed by atoms with van der Waals surface area (Å²) in [6, 6.07) is 5.18. The van der Waals surface area contributed by atoms with Gasteiger partial charge in [0.2, 0.25) is 0 Å². The standard InChI is InChI=1S/C14H18O4/c1-4-17-12-7-6-8-13(18-5-2)14(12)11(16)9-10(3)15/h6-8H,4-5,9H2,1-3H3. The number of hydrogen-bond acceptors (Lipinski definition) is 4. The normalized spacial score (nSPS) is 9.94. The van der Waals surface area contributed by atoms with E-state index in [1.807, 2.05) is 13.8 Å². The molecule has 0 aliphatic heterocycles. The highest BCUT2D eigenvalue weighted by molar-refractivity contribution is 6.10. The van der Waals surface area contributed by atoms with E-state index in [0.29, 0.717) is 30.3 Å². The molecule has 0 heterocycles. The molecule has 1 aromatic rings. The third kappa shape index (κ3) is 3.58. The lowest BCUT2D eigenvalue weighted by Crippen LogP contribution is -2.10. The third-order valence-corrected chi connectivity index (χ3v) is 2.28. The van der Waals surface area contributed by atoms with Gasteiger partial charge in [0.05, 0.1) is 19.6 Å². The molecule has 4 nitrogen and oxygen atoms in total. The largest absolute Gasteiger partial charge is 0.493 e. The molecular weight excluding hydrogens is 232 g/mol. The monoisotopic (exact) mass is 250 g/mol. The zero-order valence-electron chi connectivity index (χ0n) is 11.0. The first-order valence-corrected chi connectivity index (χ1v) is 6.01. The van der Waals surface area contributed by atoms with Crippen molar-refractivity contribution in [1.82, 2.24) is 0 Å². The Morgan fingerprint density at radius 3 is 1.94 bits per heavy atom.